The van der Waals surface area contributed by atoms with Gasteiger partial charge in [0.15, 0.2) is 0 Å². The highest BCUT2D eigenvalue weighted by Crippen LogP contribution is 2.38. The van der Waals surface area contributed by atoms with Crippen molar-refractivity contribution in [2.75, 3.05) is 16.3 Å². The van der Waals surface area contributed by atoms with E-state index in [2.05, 4.69) is 73.1 Å². The van der Waals surface area contributed by atoms with E-state index in [9.17, 15) is 0 Å². The Kier molecular flexibility index (Phi) is 2.85. The molecule has 4 rings (SSSR count). The summed E-state index contributed by atoms with van der Waals surface area (Å²) >= 11 is 13.9. The fourth-order valence-electron chi connectivity index (χ4n) is 3.10. The minimum atomic E-state index is 0.425. The number of allylic oxidation sites excluding steroid dienone is 2. The molecule has 102 valence electrons. The van der Waals surface area contributed by atoms with Gasteiger partial charge in [0.05, 0.1) is 16.4 Å². The fourth-order valence-corrected chi connectivity index (χ4v) is 4.59. The summed E-state index contributed by atoms with van der Waals surface area (Å²) in [5.41, 5.74) is 2.43. The molecule has 3 aliphatic heterocycles. The summed E-state index contributed by atoms with van der Waals surface area (Å²) in [4.78, 5) is 4.64. The Labute approximate surface area is 138 Å². The highest BCUT2D eigenvalue weighted by atomic mass is 79.9. The number of anilines is 2. The summed E-state index contributed by atoms with van der Waals surface area (Å²) in [7, 11) is 0. The minimum absolute atomic E-state index is 0.425. The molecule has 0 spiro atoms. The van der Waals surface area contributed by atoms with E-state index in [0.29, 0.717) is 6.04 Å². The molecule has 0 saturated carbocycles. The van der Waals surface area contributed by atoms with Gasteiger partial charge in [-0.15, -0.1) is 0 Å². The maximum atomic E-state index is 6.45. The van der Waals surface area contributed by atoms with Crippen molar-refractivity contribution in [1.29, 1.82) is 0 Å². The summed E-state index contributed by atoms with van der Waals surface area (Å²) in [6.07, 6.45) is 10.4. The average Bonchev–Trinajstić information content (AvgIpc) is 2.45. The van der Waals surface area contributed by atoms with E-state index in [1.165, 1.54) is 16.6 Å². The van der Waals surface area contributed by atoms with E-state index in [0.717, 1.165) is 25.7 Å². The lowest BCUT2D eigenvalue weighted by molar-refractivity contribution is 0.671. The quantitative estimate of drug-likeness (QED) is 0.642. The van der Waals surface area contributed by atoms with Gasteiger partial charge in [-0.1, -0.05) is 17.7 Å². The van der Waals surface area contributed by atoms with Crippen LogP contribution in [0.15, 0.2) is 33.5 Å². The molecule has 1 unspecified atom stereocenters. The van der Waals surface area contributed by atoms with Crippen molar-refractivity contribution in [2.24, 2.45) is 0 Å². The Morgan fingerprint density at radius 2 is 2.00 bits per heavy atom. The molecule has 1 atom stereocenters. The number of hydrogen-bond acceptors (Lipinski definition) is 2. The Morgan fingerprint density at radius 3 is 2.80 bits per heavy atom. The van der Waals surface area contributed by atoms with Crippen molar-refractivity contribution in [3.63, 3.8) is 0 Å². The third-order valence-corrected chi connectivity index (χ3v) is 6.46. The van der Waals surface area contributed by atoms with Gasteiger partial charge in [-0.05, 0) is 50.9 Å². The topological polar surface area (TPSA) is 6.48 Å². The third kappa shape index (κ3) is 1.56. The van der Waals surface area contributed by atoms with E-state index in [1.807, 2.05) is 6.08 Å². The van der Waals surface area contributed by atoms with E-state index >= 15 is 0 Å². The maximum Gasteiger partial charge on any atom is 0.0755 e. The van der Waals surface area contributed by atoms with Crippen molar-refractivity contribution in [3.05, 3.63) is 43.9 Å². The molecule has 2 nitrogen and oxygen atoms in total. The molecule has 0 aliphatic carbocycles. The summed E-state index contributed by atoms with van der Waals surface area (Å²) in [6, 6.07) is 0.425. The van der Waals surface area contributed by atoms with E-state index in [1.54, 1.807) is 0 Å². The van der Waals surface area contributed by atoms with Crippen LogP contribution >= 0.6 is 43.5 Å². The number of hydrogen-bond donors (Lipinski definition) is 0. The van der Waals surface area contributed by atoms with Crippen molar-refractivity contribution in [2.45, 2.75) is 13.0 Å². The summed E-state index contributed by atoms with van der Waals surface area (Å²) < 4.78 is 2.08. The lowest BCUT2D eigenvalue weighted by Gasteiger charge is -2.43. The molecule has 0 radical (unpaired) electrons. The van der Waals surface area contributed by atoms with Gasteiger partial charge in [-0.25, -0.2) is 0 Å². The van der Waals surface area contributed by atoms with E-state index in [4.69, 9.17) is 11.6 Å². The number of rotatable bonds is 0. The molecule has 3 aliphatic rings. The zero-order chi connectivity index (χ0) is 14.0. The number of nitrogens with zero attached hydrogens (tertiary/aromatic N) is 2. The standard InChI is InChI=1S/C15H11Br2ClN2/c1-8-7-19-6-4-10(18)11-13(17)12(16)9-3-2-5-20(8)14(9)15(11)19/h2-6,8H,7H2,1H3. The van der Waals surface area contributed by atoms with Crippen LogP contribution in [0.5, 0.6) is 0 Å². The molecule has 0 N–H and O–H groups in total. The highest BCUT2D eigenvalue weighted by molar-refractivity contribution is 9.13. The highest BCUT2D eigenvalue weighted by Gasteiger charge is 2.32. The first-order valence-corrected chi connectivity index (χ1v) is 8.38. The van der Waals surface area contributed by atoms with Gasteiger partial charge in [0.1, 0.15) is 0 Å². The average molecular weight is 415 g/mol. The first kappa shape index (κ1) is 13.0. The second-order valence-corrected chi connectivity index (χ2v) is 7.19. The van der Waals surface area contributed by atoms with Gasteiger partial charge in [0.2, 0.25) is 0 Å². The predicted octanol–water partition coefficient (Wildman–Crippen LogP) is 3.41. The minimum Gasteiger partial charge on any atom is -0.344 e. The molecule has 0 saturated heterocycles. The molecule has 1 aromatic rings. The van der Waals surface area contributed by atoms with Gasteiger partial charge >= 0.3 is 0 Å². The van der Waals surface area contributed by atoms with Crippen LogP contribution < -0.4 is 20.2 Å². The Bertz CT molecular complexity index is 810. The van der Waals surface area contributed by atoms with Crippen LogP contribution in [0.2, 0.25) is 0 Å². The van der Waals surface area contributed by atoms with Gasteiger partial charge in [-0.3, -0.25) is 0 Å². The van der Waals surface area contributed by atoms with Crippen LogP contribution in [-0.2, 0) is 0 Å². The van der Waals surface area contributed by atoms with Crippen LogP contribution in [-0.4, -0.2) is 12.6 Å². The first-order valence-electron chi connectivity index (χ1n) is 6.42. The maximum absolute atomic E-state index is 6.45. The zero-order valence-corrected chi connectivity index (χ0v) is 14.6. The number of benzene rings is 1. The molecule has 20 heavy (non-hydrogen) atoms. The Hall–Kier alpha value is -0.710. The summed E-state index contributed by atoms with van der Waals surface area (Å²) in [5.74, 6) is 0. The van der Waals surface area contributed by atoms with E-state index < -0.39 is 0 Å². The first-order chi connectivity index (χ1) is 9.59. The van der Waals surface area contributed by atoms with Crippen LogP contribution in [0.3, 0.4) is 0 Å². The third-order valence-electron chi connectivity index (χ3n) is 4.00. The second-order valence-electron chi connectivity index (χ2n) is 5.19. The monoisotopic (exact) mass is 412 g/mol. The smallest absolute Gasteiger partial charge is 0.0755 e. The lowest BCUT2D eigenvalue weighted by Crippen LogP contribution is -2.49. The Balaban J connectivity index is 2.26. The Morgan fingerprint density at radius 1 is 1.20 bits per heavy atom. The SMILES string of the molecule is CC1CN2C=CC(Cl)=c3c(Br)c(Br)c4c(c32)N1C=CC=4. The lowest BCUT2D eigenvalue weighted by atomic mass is 10.0. The van der Waals surface area contributed by atoms with Crippen LogP contribution in [0, 0.1) is 0 Å². The summed E-state index contributed by atoms with van der Waals surface area (Å²) in [5, 5.41) is 3.05. The molecule has 0 bridgehead atoms. The molecule has 0 amide bonds. The largest absolute Gasteiger partial charge is 0.344 e. The summed E-state index contributed by atoms with van der Waals surface area (Å²) in [6.45, 7) is 3.20. The van der Waals surface area contributed by atoms with Crippen molar-refractivity contribution >= 4 is 65.9 Å². The molecular formula is C15H11Br2ClN2. The predicted molar refractivity (Wildman–Crippen MR) is 92.4 cm³/mol. The second kappa shape index (κ2) is 4.39. The zero-order valence-electron chi connectivity index (χ0n) is 10.7. The van der Waals surface area contributed by atoms with E-state index in [-0.39, 0.29) is 0 Å². The van der Waals surface area contributed by atoms with Crippen LogP contribution in [0.25, 0.3) is 11.1 Å². The molecule has 1 aromatic carbocycles. The normalized spacial score (nSPS) is 22.0. The molecule has 3 heterocycles. The van der Waals surface area contributed by atoms with Crippen LogP contribution in [0.4, 0.5) is 11.4 Å². The van der Waals surface area contributed by atoms with Gasteiger partial charge in [0.25, 0.3) is 0 Å². The van der Waals surface area contributed by atoms with Gasteiger partial charge in [-0.2, -0.15) is 0 Å². The number of halogens is 3. The van der Waals surface area contributed by atoms with Crippen molar-refractivity contribution < 1.29 is 0 Å². The molecule has 0 aromatic heterocycles. The molecular weight excluding hydrogens is 403 g/mol. The van der Waals surface area contributed by atoms with Crippen molar-refractivity contribution in [3.8, 4) is 0 Å². The van der Waals surface area contributed by atoms with Crippen molar-refractivity contribution in [1.82, 2.24) is 0 Å². The molecule has 0 fully saturated rings. The van der Waals surface area contributed by atoms with Gasteiger partial charge in [0, 0.05) is 44.4 Å². The van der Waals surface area contributed by atoms with Gasteiger partial charge < -0.3 is 9.80 Å². The van der Waals surface area contributed by atoms with Crippen LogP contribution in [0.1, 0.15) is 6.92 Å². The fraction of sp³-hybridized carbons (Fsp3) is 0.200. The molecule has 5 heteroatoms.